The highest BCUT2D eigenvalue weighted by atomic mass is 16.5. The summed E-state index contributed by atoms with van der Waals surface area (Å²) in [6.45, 7) is 0. The highest BCUT2D eigenvalue weighted by Crippen LogP contribution is 2.29. The second-order valence-corrected chi connectivity index (χ2v) is 6.24. The normalized spacial score (nSPS) is 10.3. The molecular weight excluding hydrogens is 366 g/mol. The van der Waals surface area contributed by atoms with Crippen molar-refractivity contribution in [3.05, 3.63) is 96.7 Å². The van der Waals surface area contributed by atoms with Gasteiger partial charge >= 0.3 is 6.03 Å². The van der Waals surface area contributed by atoms with Crippen LogP contribution in [0, 0.1) is 0 Å². The van der Waals surface area contributed by atoms with Crippen LogP contribution >= 0.6 is 0 Å². The number of pyridine rings is 1. The van der Waals surface area contributed by atoms with E-state index in [4.69, 9.17) is 4.74 Å². The Morgan fingerprint density at radius 3 is 2.34 bits per heavy atom. The molecule has 0 atom stereocenters. The summed E-state index contributed by atoms with van der Waals surface area (Å²) in [5.41, 5.74) is 0.841. The van der Waals surface area contributed by atoms with E-state index in [1.165, 1.54) is 6.20 Å². The van der Waals surface area contributed by atoms with Crippen molar-refractivity contribution in [2.75, 3.05) is 5.32 Å². The van der Waals surface area contributed by atoms with E-state index in [0.29, 0.717) is 22.9 Å². The topological polar surface area (TPSA) is 80.3 Å². The fourth-order valence-corrected chi connectivity index (χ4v) is 2.84. The summed E-state index contributed by atoms with van der Waals surface area (Å²) in [5.74, 6) is 0.613. The molecule has 0 spiro atoms. The predicted octanol–water partition coefficient (Wildman–Crippen LogP) is 4.99. The van der Waals surface area contributed by atoms with Gasteiger partial charge in [0.1, 0.15) is 5.75 Å². The van der Waals surface area contributed by atoms with Crippen LogP contribution in [0.5, 0.6) is 11.6 Å². The number of urea groups is 1. The lowest BCUT2D eigenvalue weighted by Gasteiger charge is -2.09. The summed E-state index contributed by atoms with van der Waals surface area (Å²) in [6.07, 6.45) is 1.47. The van der Waals surface area contributed by atoms with Gasteiger partial charge in [0.25, 0.3) is 5.91 Å². The van der Waals surface area contributed by atoms with Crippen LogP contribution in [-0.4, -0.2) is 16.9 Å². The third-order valence-electron chi connectivity index (χ3n) is 4.22. The SMILES string of the molecule is O=C(NC(=O)c1ccccc1)Nc1ccc(Oc2cccc3ccccc23)nc1. The summed E-state index contributed by atoms with van der Waals surface area (Å²) in [6, 6.07) is 24.9. The minimum Gasteiger partial charge on any atom is -0.438 e. The first-order chi connectivity index (χ1) is 14.2. The summed E-state index contributed by atoms with van der Waals surface area (Å²) in [7, 11) is 0. The van der Waals surface area contributed by atoms with Crippen molar-refractivity contribution < 1.29 is 14.3 Å². The lowest BCUT2D eigenvalue weighted by atomic mass is 10.1. The molecule has 6 nitrogen and oxygen atoms in total. The average Bonchev–Trinajstić information content (AvgIpc) is 2.76. The van der Waals surface area contributed by atoms with E-state index >= 15 is 0 Å². The van der Waals surface area contributed by atoms with Gasteiger partial charge in [-0.15, -0.1) is 0 Å². The zero-order chi connectivity index (χ0) is 20.1. The van der Waals surface area contributed by atoms with Gasteiger partial charge in [-0.25, -0.2) is 9.78 Å². The van der Waals surface area contributed by atoms with Gasteiger partial charge in [-0.05, 0) is 29.7 Å². The van der Waals surface area contributed by atoms with E-state index in [2.05, 4.69) is 15.6 Å². The fourth-order valence-electron chi connectivity index (χ4n) is 2.84. The molecule has 0 saturated carbocycles. The third kappa shape index (κ3) is 4.39. The Morgan fingerprint density at radius 2 is 1.55 bits per heavy atom. The first-order valence-corrected chi connectivity index (χ1v) is 8.98. The zero-order valence-corrected chi connectivity index (χ0v) is 15.3. The van der Waals surface area contributed by atoms with E-state index in [-0.39, 0.29) is 0 Å². The monoisotopic (exact) mass is 383 g/mol. The van der Waals surface area contributed by atoms with Crippen molar-refractivity contribution in [1.29, 1.82) is 0 Å². The minimum atomic E-state index is -0.636. The van der Waals surface area contributed by atoms with Crippen molar-refractivity contribution in [3.63, 3.8) is 0 Å². The Bertz CT molecular complexity index is 1150. The smallest absolute Gasteiger partial charge is 0.326 e. The number of carbonyl (C=O) groups is 2. The second kappa shape index (κ2) is 8.22. The van der Waals surface area contributed by atoms with Crippen LogP contribution in [0.3, 0.4) is 0 Å². The van der Waals surface area contributed by atoms with Crippen LogP contribution in [0.1, 0.15) is 10.4 Å². The van der Waals surface area contributed by atoms with Crippen molar-refractivity contribution in [2.24, 2.45) is 0 Å². The number of amides is 3. The molecule has 2 N–H and O–H groups in total. The average molecular weight is 383 g/mol. The lowest BCUT2D eigenvalue weighted by molar-refractivity contribution is 0.0967. The first kappa shape index (κ1) is 18.2. The van der Waals surface area contributed by atoms with Crippen LogP contribution in [0.25, 0.3) is 10.8 Å². The molecule has 0 unspecified atom stereocenters. The van der Waals surface area contributed by atoms with Crippen LogP contribution < -0.4 is 15.4 Å². The van der Waals surface area contributed by atoms with Gasteiger partial charge in [-0.3, -0.25) is 10.1 Å². The maximum absolute atomic E-state index is 12.0. The maximum Gasteiger partial charge on any atom is 0.326 e. The zero-order valence-electron chi connectivity index (χ0n) is 15.3. The molecule has 4 aromatic rings. The molecule has 0 aliphatic carbocycles. The molecular formula is C23H17N3O3. The summed E-state index contributed by atoms with van der Waals surface area (Å²) >= 11 is 0. The van der Waals surface area contributed by atoms with Gasteiger partial charge in [-0.1, -0.05) is 54.6 Å². The van der Waals surface area contributed by atoms with Gasteiger partial charge in [0, 0.05) is 17.0 Å². The first-order valence-electron chi connectivity index (χ1n) is 8.98. The van der Waals surface area contributed by atoms with Crippen LogP contribution in [0.4, 0.5) is 10.5 Å². The van der Waals surface area contributed by atoms with Gasteiger partial charge < -0.3 is 10.1 Å². The number of anilines is 1. The molecule has 29 heavy (non-hydrogen) atoms. The molecule has 6 heteroatoms. The largest absolute Gasteiger partial charge is 0.438 e. The maximum atomic E-state index is 12.0. The molecule has 4 rings (SSSR count). The van der Waals surface area contributed by atoms with Crippen LogP contribution in [0.2, 0.25) is 0 Å². The minimum absolute atomic E-state index is 0.396. The Kier molecular flexibility index (Phi) is 5.16. The Labute approximate surface area is 167 Å². The van der Waals surface area contributed by atoms with E-state index in [0.717, 1.165) is 10.8 Å². The number of fused-ring (bicyclic) bond motifs is 1. The number of carbonyl (C=O) groups excluding carboxylic acids is 2. The number of hydrogen-bond acceptors (Lipinski definition) is 4. The molecule has 142 valence electrons. The molecule has 0 radical (unpaired) electrons. The van der Waals surface area contributed by atoms with Crippen molar-refractivity contribution in [2.45, 2.75) is 0 Å². The number of rotatable bonds is 4. The van der Waals surface area contributed by atoms with E-state index in [1.807, 2.05) is 42.5 Å². The molecule has 1 aromatic heterocycles. The molecule has 1 heterocycles. The summed E-state index contributed by atoms with van der Waals surface area (Å²) < 4.78 is 5.88. The highest BCUT2D eigenvalue weighted by molar-refractivity contribution is 6.07. The summed E-state index contributed by atoms with van der Waals surface area (Å²) in [4.78, 5) is 28.2. The van der Waals surface area contributed by atoms with Crippen LogP contribution in [0.15, 0.2) is 91.1 Å². The lowest BCUT2D eigenvalue weighted by Crippen LogP contribution is -2.34. The van der Waals surface area contributed by atoms with Gasteiger partial charge in [-0.2, -0.15) is 0 Å². The molecule has 3 amide bonds. The van der Waals surface area contributed by atoms with Crippen LogP contribution in [-0.2, 0) is 0 Å². The number of hydrogen-bond donors (Lipinski definition) is 2. The number of imide groups is 1. The third-order valence-corrected chi connectivity index (χ3v) is 4.22. The van der Waals surface area contributed by atoms with Gasteiger partial charge in [0.15, 0.2) is 0 Å². The molecule has 0 aliphatic heterocycles. The number of ether oxygens (including phenoxy) is 1. The number of nitrogens with zero attached hydrogens (tertiary/aromatic N) is 1. The predicted molar refractivity (Wildman–Crippen MR) is 111 cm³/mol. The van der Waals surface area contributed by atoms with E-state index < -0.39 is 11.9 Å². The molecule has 0 saturated heterocycles. The Balaban J connectivity index is 1.40. The van der Waals surface area contributed by atoms with Gasteiger partial charge in [0.2, 0.25) is 5.88 Å². The quantitative estimate of drug-likeness (QED) is 0.520. The van der Waals surface area contributed by atoms with E-state index in [9.17, 15) is 9.59 Å². The fraction of sp³-hybridized carbons (Fsp3) is 0. The number of aromatic nitrogens is 1. The molecule has 3 aromatic carbocycles. The molecule has 0 fully saturated rings. The standard InChI is InChI=1S/C23H17N3O3/c27-22(17-8-2-1-3-9-17)26-23(28)25-18-13-14-21(24-15-18)29-20-12-6-10-16-7-4-5-11-19(16)20/h1-15H,(H2,25,26,27,28). The molecule has 0 bridgehead atoms. The Hall–Kier alpha value is -4.19. The highest BCUT2D eigenvalue weighted by Gasteiger charge is 2.10. The number of nitrogens with one attached hydrogen (secondary N) is 2. The number of benzene rings is 3. The van der Waals surface area contributed by atoms with Crippen molar-refractivity contribution in [3.8, 4) is 11.6 Å². The Morgan fingerprint density at radius 1 is 0.793 bits per heavy atom. The molecule has 0 aliphatic rings. The van der Waals surface area contributed by atoms with Crippen molar-refractivity contribution >= 4 is 28.4 Å². The summed E-state index contributed by atoms with van der Waals surface area (Å²) in [5, 5.41) is 6.90. The second-order valence-electron chi connectivity index (χ2n) is 6.24. The van der Waals surface area contributed by atoms with Crippen molar-refractivity contribution in [1.82, 2.24) is 10.3 Å². The van der Waals surface area contributed by atoms with Gasteiger partial charge in [0.05, 0.1) is 11.9 Å². The van der Waals surface area contributed by atoms with E-state index in [1.54, 1.807) is 42.5 Å².